The van der Waals surface area contributed by atoms with Crippen molar-refractivity contribution in [1.29, 1.82) is 0 Å². The fourth-order valence-corrected chi connectivity index (χ4v) is 2.23. The second-order valence-electron chi connectivity index (χ2n) is 4.30. The maximum atomic E-state index is 12.0. The van der Waals surface area contributed by atoms with Crippen molar-refractivity contribution in [2.24, 2.45) is 0 Å². The summed E-state index contributed by atoms with van der Waals surface area (Å²) in [6.45, 7) is -0.536. The Morgan fingerprint density at radius 1 is 1.23 bits per heavy atom. The van der Waals surface area contributed by atoms with E-state index in [1.54, 1.807) is 12.1 Å². The number of ether oxygens (including phenoxy) is 3. The van der Waals surface area contributed by atoms with Crippen LogP contribution in [0.15, 0.2) is 16.6 Å². The molecule has 0 unspecified atom stereocenters. The van der Waals surface area contributed by atoms with E-state index in [1.165, 1.54) is 21.3 Å². The summed E-state index contributed by atoms with van der Waals surface area (Å²) in [6, 6.07) is 2.26. The molecule has 0 spiro atoms. The summed E-state index contributed by atoms with van der Waals surface area (Å²) in [5.41, 5.74) is 0.650. The molecule has 22 heavy (non-hydrogen) atoms. The van der Waals surface area contributed by atoms with Crippen LogP contribution in [0, 0.1) is 0 Å². The number of nitrogens with one attached hydrogen (secondary N) is 1. The minimum atomic E-state index is -1.09. The zero-order chi connectivity index (χ0) is 16.7. The number of benzene rings is 1. The topological polar surface area (TPSA) is 94.1 Å². The fourth-order valence-electron chi connectivity index (χ4n) is 1.77. The Morgan fingerprint density at radius 3 is 2.32 bits per heavy atom. The lowest BCUT2D eigenvalue weighted by Gasteiger charge is -2.15. The van der Waals surface area contributed by atoms with Crippen LogP contribution in [0.3, 0.4) is 0 Å². The first kappa shape index (κ1) is 18.2. The van der Waals surface area contributed by atoms with Crippen LogP contribution in [0.1, 0.15) is 5.56 Å². The summed E-state index contributed by atoms with van der Waals surface area (Å²) >= 11 is 3.35. The van der Waals surface area contributed by atoms with E-state index in [4.69, 9.17) is 14.6 Å². The molecule has 0 aromatic heterocycles. The van der Waals surface area contributed by atoms with Crippen LogP contribution in [0.25, 0.3) is 0 Å². The van der Waals surface area contributed by atoms with Crippen LogP contribution in [0.2, 0.25) is 0 Å². The minimum absolute atomic E-state index is 0.00552. The van der Waals surface area contributed by atoms with Crippen LogP contribution in [0.4, 0.5) is 0 Å². The quantitative estimate of drug-likeness (QED) is 0.679. The van der Waals surface area contributed by atoms with Crippen LogP contribution in [-0.2, 0) is 20.7 Å². The molecule has 0 aliphatic rings. The van der Waals surface area contributed by atoms with Gasteiger partial charge in [0.05, 0.1) is 34.4 Å². The first-order valence-corrected chi connectivity index (χ1v) is 7.14. The lowest BCUT2D eigenvalue weighted by atomic mass is 10.1. The van der Waals surface area contributed by atoms with Gasteiger partial charge in [0.1, 0.15) is 0 Å². The maximum Gasteiger partial charge on any atom is 0.330 e. The molecule has 0 saturated heterocycles. The monoisotopic (exact) mass is 375 g/mol. The van der Waals surface area contributed by atoms with Gasteiger partial charge in [-0.1, -0.05) is 15.9 Å². The number of methoxy groups -OCH3 is 3. The van der Waals surface area contributed by atoms with Gasteiger partial charge in [0.15, 0.2) is 17.5 Å². The van der Waals surface area contributed by atoms with Gasteiger partial charge in [-0.2, -0.15) is 0 Å². The van der Waals surface area contributed by atoms with Crippen molar-refractivity contribution < 1.29 is 28.9 Å². The highest BCUT2D eigenvalue weighted by Gasteiger charge is 2.21. The molecule has 0 saturated carbocycles. The van der Waals surface area contributed by atoms with E-state index in [-0.39, 0.29) is 6.42 Å². The average molecular weight is 376 g/mol. The number of carbonyl (C=O) groups is 2. The molecule has 2 N–H and O–H groups in total. The van der Waals surface area contributed by atoms with Crippen molar-refractivity contribution in [2.75, 3.05) is 27.9 Å². The van der Waals surface area contributed by atoms with Gasteiger partial charge in [0, 0.05) is 4.47 Å². The van der Waals surface area contributed by atoms with E-state index in [0.717, 1.165) is 0 Å². The minimum Gasteiger partial charge on any atom is -0.493 e. The number of esters is 1. The number of hydrogen-bond donors (Lipinski definition) is 2. The summed E-state index contributed by atoms with van der Waals surface area (Å²) in [7, 11) is 4.19. The summed E-state index contributed by atoms with van der Waals surface area (Å²) < 4.78 is 15.5. The zero-order valence-corrected chi connectivity index (χ0v) is 14.1. The lowest BCUT2D eigenvalue weighted by molar-refractivity contribution is -0.146. The Morgan fingerprint density at radius 2 is 1.82 bits per heavy atom. The highest BCUT2D eigenvalue weighted by molar-refractivity contribution is 9.10. The summed E-state index contributed by atoms with van der Waals surface area (Å²) in [5.74, 6) is -0.124. The Kier molecular flexibility index (Phi) is 7.13. The SMILES string of the molecule is COC(=O)[C@H](CO)NC(=O)Cc1cc(OC)c(OC)cc1Br. The molecule has 1 aromatic carbocycles. The predicted octanol–water partition coefficient (Wildman–Crippen LogP) is 0.659. The normalized spacial score (nSPS) is 11.5. The number of hydrogen-bond acceptors (Lipinski definition) is 6. The molecule has 0 fully saturated rings. The molecule has 1 atom stereocenters. The van der Waals surface area contributed by atoms with Crippen molar-refractivity contribution in [3.63, 3.8) is 0 Å². The number of aliphatic hydroxyl groups is 1. The van der Waals surface area contributed by atoms with E-state index in [2.05, 4.69) is 26.0 Å². The van der Waals surface area contributed by atoms with Gasteiger partial charge in [-0.25, -0.2) is 4.79 Å². The van der Waals surface area contributed by atoms with E-state index < -0.39 is 24.5 Å². The third-order valence-electron chi connectivity index (χ3n) is 2.91. The molecule has 0 aliphatic heterocycles. The second kappa shape index (κ2) is 8.60. The number of aliphatic hydroxyl groups excluding tert-OH is 1. The molecular weight excluding hydrogens is 358 g/mol. The van der Waals surface area contributed by atoms with Gasteiger partial charge in [-0.05, 0) is 17.7 Å². The number of amides is 1. The molecule has 1 aromatic rings. The molecule has 122 valence electrons. The Bertz CT molecular complexity index is 548. The highest BCUT2D eigenvalue weighted by Crippen LogP contribution is 2.33. The molecule has 0 aliphatic carbocycles. The van der Waals surface area contributed by atoms with Crippen molar-refractivity contribution >= 4 is 27.8 Å². The first-order chi connectivity index (χ1) is 10.5. The van der Waals surface area contributed by atoms with Gasteiger partial charge in [-0.3, -0.25) is 4.79 Å². The third kappa shape index (κ3) is 4.60. The first-order valence-electron chi connectivity index (χ1n) is 6.35. The summed E-state index contributed by atoms with van der Waals surface area (Å²) in [4.78, 5) is 23.3. The molecule has 0 heterocycles. The van der Waals surface area contributed by atoms with Crippen LogP contribution in [0.5, 0.6) is 11.5 Å². The lowest BCUT2D eigenvalue weighted by Crippen LogP contribution is -2.44. The van der Waals surface area contributed by atoms with E-state index in [9.17, 15) is 9.59 Å². The van der Waals surface area contributed by atoms with E-state index in [1.807, 2.05) is 0 Å². The molecule has 1 amide bonds. The zero-order valence-electron chi connectivity index (χ0n) is 12.5. The molecule has 0 bridgehead atoms. The molecule has 0 radical (unpaired) electrons. The molecular formula is C14H18BrNO6. The Hall–Kier alpha value is -1.80. The van der Waals surface area contributed by atoms with Gasteiger partial charge < -0.3 is 24.6 Å². The largest absolute Gasteiger partial charge is 0.493 e. The number of carbonyl (C=O) groups excluding carboxylic acids is 2. The van der Waals surface area contributed by atoms with Crippen molar-refractivity contribution in [3.05, 3.63) is 22.2 Å². The van der Waals surface area contributed by atoms with Crippen LogP contribution >= 0.6 is 15.9 Å². The van der Waals surface area contributed by atoms with Gasteiger partial charge >= 0.3 is 5.97 Å². The van der Waals surface area contributed by atoms with Gasteiger partial charge in [0.25, 0.3) is 0 Å². The van der Waals surface area contributed by atoms with Crippen molar-refractivity contribution in [1.82, 2.24) is 5.32 Å². The Balaban J connectivity index is 2.86. The fraction of sp³-hybridized carbons (Fsp3) is 0.429. The van der Waals surface area contributed by atoms with Crippen molar-refractivity contribution in [3.8, 4) is 11.5 Å². The Labute approximate surface area is 136 Å². The van der Waals surface area contributed by atoms with Gasteiger partial charge in [-0.15, -0.1) is 0 Å². The highest BCUT2D eigenvalue weighted by atomic mass is 79.9. The van der Waals surface area contributed by atoms with Crippen LogP contribution < -0.4 is 14.8 Å². The van der Waals surface area contributed by atoms with E-state index in [0.29, 0.717) is 21.5 Å². The van der Waals surface area contributed by atoms with Gasteiger partial charge in [0.2, 0.25) is 5.91 Å². The standard InChI is InChI=1S/C14H18BrNO6/c1-20-11-4-8(9(15)6-12(11)21-2)5-13(18)16-10(7-17)14(19)22-3/h4,6,10,17H,5,7H2,1-3H3,(H,16,18)/t10-/m0/s1. The number of rotatable bonds is 7. The number of halogens is 1. The molecule has 8 heteroatoms. The average Bonchev–Trinajstić information content (AvgIpc) is 2.53. The molecule has 1 rings (SSSR count). The van der Waals surface area contributed by atoms with Crippen LogP contribution in [-0.4, -0.2) is 51.0 Å². The third-order valence-corrected chi connectivity index (χ3v) is 3.65. The smallest absolute Gasteiger partial charge is 0.330 e. The van der Waals surface area contributed by atoms with Crippen molar-refractivity contribution in [2.45, 2.75) is 12.5 Å². The summed E-state index contributed by atoms with van der Waals surface area (Å²) in [5, 5.41) is 11.5. The predicted molar refractivity (Wildman–Crippen MR) is 82.0 cm³/mol. The second-order valence-corrected chi connectivity index (χ2v) is 5.16. The summed E-state index contributed by atoms with van der Waals surface area (Å²) in [6.07, 6.45) is -0.00552. The van der Waals surface area contributed by atoms with E-state index >= 15 is 0 Å². The maximum absolute atomic E-state index is 12.0. The molecule has 7 nitrogen and oxygen atoms in total.